The molecule has 0 saturated carbocycles. The molecule has 1 amide bonds. The molecule has 110 valence electrons. The van der Waals surface area contributed by atoms with Gasteiger partial charge in [-0.25, -0.2) is 4.98 Å². The molecule has 0 aliphatic carbocycles. The van der Waals surface area contributed by atoms with Crippen LogP contribution in [0.5, 0.6) is 0 Å². The topological polar surface area (TPSA) is 61.9 Å². The van der Waals surface area contributed by atoms with Crippen LogP contribution in [-0.4, -0.2) is 27.6 Å². The first kappa shape index (κ1) is 14.0. The van der Waals surface area contributed by atoms with Crippen LogP contribution in [0.1, 0.15) is 12.6 Å². The van der Waals surface area contributed by atoms with Gasteiger partial charge in [-0.05, 0) is 37.3 Å². The van der Waals surface area contributed by atoms with Gasteiger partial charge in [-0.15, -0.1) is 0 Å². The van der Waals surface area contributed by atoms with Crippen molar-refractivity contribution in [1.82, 2.24) is 15.2 Å². The summed E-state index contributed by atoms with van der Waals surface area (Å²) in [6.07, 6.45) is 4.98. The SMILES string of the molecule is CCN(C(=O)/C=C/c1[nH]nc2ncccc12)c1ccccc1. The van der Waals surface area contributed by atoms with Crippen LogP contribution in [0.15, 0.2) is 54.7 Å². The van der Waals surface area contributed by atoms with E-state index in [0.29, 0.717) is 12.2 Å². The van der Waals surface area contributed by atoms with E-state index < -0.39 is 0 Å². The van der Waals surface area contributed by atoms with Gasteiger partial charge >= 0.3 is 0 Å². The Morgan fingerprint density at radius 1 is 1.23 bits per heavy atom. The van der Waals surface area contributed by atoms with Crippen LogP contribution in [0, 0.1) is 0 Å². The number of fused-ring (bicyclic) bond motifs is 1. The number of para-hydroxylation sites is 1. The number of amides is 1. The zero-order chi connectivity index (χ0) is 15.4. The molecule has 2 aromatic heterocycles. The average molecular weight is 292 g/mol. The maximum atomic E-state index is 12.4. The molecule has 22 heavy (non-hydrogen) atoms. The minimum atomic E-state index is -0.0691. The summed E-state index contributed by atoms with van der Waals surface area (Å²) in [7, 11) is 0. The van der Waals surface area contributed by atoms with Crippen LogP contribution >= 0.6 is 0 Å². The van der Waals surface area contributed by atoms with Crippen molar-refractivity contribution >= 4 is 28.7 Å². The number of hydrogen-bond donors (Lipinski definition) is 1. The van der Waals surface area contributed by atoms with E-state index >= 15 is 0 Å². The molecular weight excluding hydrogens is 276 g/mol. The molecule has 3 rings (SSSR count). The average Bonchev–Trinajstić information content (AvgIpc) is 2.98. The predicted octanol–water partition coefficient (Wildman–Crippen LogP) is 3.02. The summed E-state index contributed by atoms with van der Waals surface area (Å²) in [6, 6.07) is 13.4. The highest BCUT2D eigenvalue weighted by molar-refractivity contribution is 6.04. The van der Waals surface area contributed by atoms with Crippen LogP contribution in [0.3, 0.4) is 0 Å². The van der Waals surface area contributed by atoms with Crippen molar-refractivity contribution < 1.29 is 4.79 Å². The second-order valence-corrected chi connectivity index (χ2v) is 4.76. The molecule has 0 aliphatic rings. The summed E-state index contributed by atoms with van der Waals surface area (Å²) in [5.41, 5.74) is 2.31. The van der Waals surface area contributed by atoms with Gasteiger partial charge in [0.25, 0.3) is 5.91 Å². The lowest BCUT2D eigenvalue weighted by Gasteiger charge is -2.18. The lowest BCUT2D eigenvalue weighted by atomic mass is 10.2. The van der Waals surface area contributed by atoms with E-state index in [1.165, 1.54) is 0 Å². The minimum absolute atomic E-state index is 0.0691. The summed E-state index contributed by atoms with van der Waals surface area (Å²) in [5, 5.41) is 7.90. The van der Waals surface area contributed by atoms with Crippen molar-refractivity contribution in [2.75, 3.05) is 11.4 Å². The normalized spacial score (nSPS) is 11.1. The molecule has 0 radical (unpaired) electrons. The van der Waals surface area contributed by atoms with Crippen molar-refractivity contribution in [2.24, 2.45) is 0 Å². The highest BCUT2D eigenvalue weighted by Crippen LogP contribution is 2.16. The van der Waals surface area contributed by atoms with Crippen molar-refractivity contribution in [1.29, 1.82) is 0 Å². The molecule has 0 saturated heterocycles. The van der Waals surface area contributed by atoms with Crippen molar-refractivity contribution in [2.45, 2.75) is 6.92 Å². The smallest absolute Gasteiger partial charge is 0.251 e. The third kappa shape index (κ3) is 2.74. The molecule has 5 heteroatoms. The van der Waals surface area contributed by atoms with E-state index in [-0.39, 0.29) is 5.91 Å². The molecule has 2 heterocycles. The number of carbonyl (C=O) groups is 1. The van der Waals surface area contributed by atoms with Gasteiger partial charge in [0.2, 0.25) is 0 Å². The third-order valence-corrected chi connectivity index (χ3v) is 3.40. The zero-order valence-corrected chi connectivity index (χ0v) is 12.2. The summed E-state index contributed by atoms with van der Waals surface area (Å²) in [6.45, 7) is 2.56. The lowest BCUT2D eigenvalue weighted by molar-refractivity contribution is -0.114. The Kier molecular flexibility index (Phi) is 3.96. The first-order chi connectivity index (χ1) is 10.8. The van der Waals surface area contributed by atoms with Gasteiger partial charge in [-0.1, -0.05) is 18.2 Å². The molecule has 0 atom stereocenters. The van der Waals surface area contributed by atoms with E-state index in [1.807, 2.05) is 49.4 Å². The Balaban J connectivity index is 1.84. The van der Waals surface area contributed by atoms with Crippen LogP contribution in [0.2, 0.25) is 0 Å². The number of likely N-dealkylation sites (N-methyl/N-ethyl adjacent to an activating group) is 1. The number of nitrogens with one attached hydrogen (secondary N) is 1. The molecule has 0 aliphatic heterocycles. The number of anilines is 1. The van der Waals surface area contributed by atoms with Crippen LogP contribution in [0.25, 0.3) is 17.1 Å². The first-order valence-corrected chi connectivity index (χ1v) is 7.13. The number of H-pyrrole nitrogens is 1. The number of nitrogens with zero attached hydrogens (tertiary/aromatic N) is 3. The Hall–Kier alpha value is -2.95. The van der Waals surface area contributed by atoms with Crippen molar-refractivity contribution in [3.63, 3.8) is 0 Å². The lowest BCUT2D eigenvalue weighted by Crippen LogP contribution is -2.28. The second-order valence-electron chi connectivity index (χ2n) is 4.76. The van der Waals surface area contributed by atoms with E-state index in [1.54, 1.807) is 23.2 Å². The molecule has 0 bridgehead atoms. The Labute approximate surface area is 128 Å². The van der Waals surface area contributed by atoms with E-state index in [9.17, 15) is 4.79 Å². The summed E-state index contributed by atoms with van der Waals surface area (Å²) >= 11 is 0. The van der Waals surface area contributed by atoms with E-state index in [4.69, 9.17) is 0 Å². The molecule has 3 aromatic rings. The molecule has 1 N–H and O–H groups in total. The molecule has 1 aromatic carbocycles. The molecule has 5 nitrogen and oxygen atoms in total. The van der Waals surface area contributed by atoms with Gasteiger partial charge in [-0.2, -0.15) is 5.10 Å². The number of pyridine rings is 1. The third-order valence-electron chi connectivity index (χ3n) is 3.40. The minimum Gasteiger partial charge on any atom is -0.309 e. The standard InChI is InChI=1S/C17H16N4O/c1-2-21(13-7-4-3-5-8-13)16(22)11-10-15-14-9-6-12-18-17(14)20-19-15/h3-12H,2H2,1H3,(H,18,19,20)/b11-10+. The highest BCUT2D eigenvalue weighted by Gasteiger charge is 2.10. The fourth-order valence-corrected chi connectivity index (χ4v) is 2.31. The van der Waals surface area contributed by atoms with Gasteiger partial charge < -0.3 is 4.90 Å². The van der Waals surface area contributed by atoms with Gasteiger partial charge in [0.05, 0.1) is 5.69 Å². The van der Waals surface area contributed by atoms with E-state index in [0.717, 1.165) is 16.8 Å². The molecule has 0 unspecified atom stereocenters. The van der Waals surface area contributed by atoms with Crippen molar-refractivity contribution in [3.05, 3.63) is 60.4 Å². The Morgan fingerprint density at radius 2 is 2.05 bits per heavy atom. The summed E-state index contributed by atoms with van der Waals surface area (Å²) in [4.78, 5) is 18.3. The summed E-state index contributed by atoms with van der Waals surface area (Å²) in [5.74, 6) is -0.0691. The van der Waals surface area contributed by atoms with Crippen LogP contribution in [0.4, 0.5) is 5.69 Å². The fraction of sp³-hybridized carbons (Fsp3) is 0.118. The van der Waals surface area contributed by atoms with Crippen LogP contribution < -0.4 is 4.90 Å². The Morgan fingerprint density at radius 3 is 2.82 bits per heavy atom. The number of carbonyl (C=O) groups excluding carboxylic acids is 1. The number of rotatable bonds is 4. The van der Waals surface area contributed by atoms with Gasteiger partial charge in [0, 0.05) is 29.9 Å². The zero-order valence-electron chi connectivity index (χ0n) is 12.2. The van der Waals surface area contributed by atoms with E-state index in [2.05, 4.69) is 15.2 Å². The number of aromatic amines is 1. The second kappa shape index (κ2) is 6.22. The number of aromatic nitrogens is 3. The van der Waals surface area contributed by atoms with Crippen LogP contribution in [-0.2, 0) is 4.79 Å². The maximum Gasteiger partial charge on any atom is 0.251 e. The summed E-state index contributed by atoms with van der Waals surface area (Å²) < 4.78 is 0. The fourth-order valence-electron chi connectivity index (χ4n) is 2.31. The predicted molar refractivity (Wildman–Crippen MR) is 87.4 cm³/mol. The highest BCUT2D eigenvalue weighted by atomic mass is 16.2. The number of benzene rings is 1. The van der Waals surface area contributed by atoms with Gasteiger partial charge in [0.1, 0.15) is 0 Å². The molecular formula is C17H16N4O. The molecule has 0 fully saturated rings. The number of hydrogen-bond acceptors (Lipinski definition) is 3. The quantitative estimate of drug-likeness (QED) is 0.752. The van der Waals surface area contributed by atoms with Gasteiger partial charge in [-0.3, -0.25) is 9.89 Å². The van der Waals surface area contributed by atoms with Crippen molar-refractivity contribution in [3.8, 4) is 0 Å². The monoisotopic (exact) mass is 292 g/mol. The molecule has 0 spiro atoms. The Bertz CT molecular complexity index is 808. The van der Waals surface area contributed by atoms with Gasteiger partial charge in [0.15, 0.2) is 5.65 Å². The first-order valence-electron chi connectivity index (χ1n) is 7.13. The maximum absolute atomic E-state index is 12.4. The largest absolute Gasteiger partial charge is 0.309 e.